The molecule has 2 rings (SSSR count). The molecule has 0 spiro atoms. The van der Waals surface area contributed by atoms with Gasteiger partial charge in [-0.2, -0.15) is 0 Å². The fourth-order valence-electron chi connectivity index (χ4n) is 3.01. The van der Waals surface area contributed by atoms with Crippen LogP contribution >= 0.6 is 0 Å². The molecule has 6 N–H and O–H groups in total. The van der Waals surface area contributed by atoms with Gasteiger partial charge >= 0.3 is 0 Å². The molecule has 0 atom stereocenters. The van der Waals surface area contributed by atoms with Gasteiger partial charge in [0, 0.05) is 17.8 Å². The molecular formula is C24H35N5O3S. The zero-order chi connectivity index (χ0) is 25.0. The Hall–Kier alpha value is -3.07. The molecule has 0 heterocycles. The summed E-state index contributed by atoms with van der Waals surface area (Å²) in [5, 5.41) is 2.69. The molecule has 0 bridgehead atoms. The number of amides is 1. The minimum atomic E-state index is -3.88. The molecule has 0 fully saturated rings. The normalized spacial score (nSPS) is 12.2. The number of carbonyl (C=O) groups is 1. The van der Waals surface area contributed by atoms with Gasteiger partial charge in [0.1, 0.15) is 0 Å². The minimum absolute atomic E-state index is 0.0502. The monoisotopic (exact) mass is 473 g/mol. The number of rotatable bonds is 7. The number of carbonyl (C=O) groups excluding carboxylic acids is 1. The van der Waals surface area contributed by atoms with Crippen LogP contribution < -0.4 is 21.5 Å². The van der Waals surface area contributed by atoms with Crippen molar-refractivity contribution in [2.75, 3.05) is 17.8 Å². The van der Waals surface area contributed by atoms with Crippen molar-refractivity contribution in [2.24, 2.45) is 16.5 Å². The summed E-state index contributed by atoms with van der Waals surface area (Å²) in [5.74, 6) is -0.405. The smallest absolute Gasteiger partial charge is 0.261 e. The number of nitrogens with one attached hydrogen (secondary N) is 2. The topological polar surface area (TPSA) is 140 Å². The third-order valence-electron chi connectivity index (χ3n) is 5.02. The van der Waals surface area contributed by atoms with Gasteiger partial charge in [-0.3, -0.25) is 14.5 Å². The van der Waals surface area contributed by atoms with Gasteiger partial charge in [-0.1, -0.05) is 53.7 Å². The van der Waals surface area contributed by atoms with E-state index in [-0.39, 0.29) is 40.7 Å². The van der Waals surface area contributed by atoms with E-state index >= 15 is 0 Å². The number of nitrogens with two attached hydrogens (primary N) is 2. The van der Waals surface area contributed by atoms with Gasteiger partial charge in [0.15, 0.2) is 5.96 Å². The Morgan fingerprint density at radius 3 is 2.03 bits per heavy atom. The predicted molar refractivity (Wildman–Crippen MR) is 134 cm³/mol. The van der Waals surface area contributed by atoms with E-state index in [1.165, 1.54) is 6.07 Å². The van der Waals surface area contributed by atoms with E-state index in [0.717, 1.165) is 11.1 Å². The van der Waals surface area contributed by atoms with E-state index in [9.17, 15) is 13.2 Å². The number of nitrogens with zero attached hydrogens (tertiary/aromatic N) is 1. The molecule has 0 aromatic heterocycles. The number of anilines is 1. The summed E-state index contributed by atoms with van der Waals surface area (Å²) >= 11 is 0. The molecule has 33 heavy (non-hydrogen) atoms. The highest BCUT2D eigenvalue weighted by Crippen LogP contribution is 2.32. The van der Waals surface area contributed by atoms with Gasteiger partial charge in [-0.25, -0.2) is 8.42 Å². The molecule has 0 aliphatic heterocycles. The van der Waals surface area contributed by atoms with Crippen LogP contribution in [0, 0.1) is 0 Å². The number of hydrogen-bond donors (Lipinski definition) is 4. The maximum Gasteiger partial charge on any atom is 0.261 e. The molecule has 2 aromatic carbocycles. The Bertz CT molecular complexity index is 1110. The highest BCUT2D eigenvalue weighted by molar-refractivity contribution is 7.92. The first-order valence-electron chi connectivity index (χ1n) is 10.7. The predicted octanol–water partition coefficient (Wildman–Crippen LogP) is 3.09. The Morgan fingerprint density at radius 2 is 1.52 bits per heavy atom. The van der Waals surface area contributed by atoms with Gasteiger partial charge in [-0.15, -0.1) is 0 Å². The number of sulfonamides is 1. The molecule has 0 aliphatic rings. The lowest BCUT2D eigenvalue weighted by Gasteiger charge is -2.26. The van der Waals surface area contributed by atoms with Crippen LogP contribution in [0.5, 0.6) is 0 Å². The lowest BCUT2D eigenvalue weighted by molar-refractivity contribution is 0.0955. The summed E-state index contributed by atoms with van der Waals surface area (Å²) in [6.07, 6.45) is 0. The molecule has 180 valence electrons. The highest BCUT2D eigenvalue weighted by Gasteiger charge is 2.25. The summed E-state index contributed by atoms with van der Waals surface area (Å²) in [5.41, 5.74) is 12.6. The lowest BCUT2D eigenvalue weighted by atomic mass is 9.81. The first kappa shape index (κ1) is 26.2. The maximum atomic E-state index is 13.3. The first-order valence-corrected chi connectivity index (χ1v) is 12.2. The highest BCUT2D eigenvalue weighted by atomic mass is 32.2. The van der Waals surface area contributed by atoms with Gasteiger partial charge < -0.3 is 16.8 Å². The van der Waals surface area contributed by atoms with Gasteiger partial charge in [0.25, 0.3) is 15.9 Å². The van der Waals surface area contributed by atoms with Crippen molar-refractivity contribution in [1.82, 2.24) is 5.32 Å². The number of benzene rings is 2. The molecule has 1 amide bonds. The van der Waals surface area contributed by atoms with E-state index in [2.05, 4.69) is 21.1 Å². The fourth-order valence-corrected chi connectivity index (χ4v) is 4.13. The second kappa shape index (κ2) is 9.82. The van der Waals surface area contributed by atoms with Crippen LogP contribution in [-0.4, -0.2) is 33.4 Å². The molecule has 2 aromatic rings. The van der Waals surface area contributed by atoms with Crippen LogP contribution in [0.4, 0.5) is 5.69 Å². The fraction of sp³-hybridized carbons (Fsp3) is 0.417. The molecule has 9 heteroatoms. The molecule has 8 nitrogen and oxygen atoms in total. The molecule has 0 saturated heterocycles. The van der Waals surface area contributed by atoms with Gasteiger partial charge in [0.05, 0.1) is 11.4 Å². The van der Waals surface area contributed by atoms with E-state index in [4.69, 9.17) is 11.5 Å². The molecule has 0 aliphatic carbocycles. The second-order valence-electron chi connectivity index (χ2n) is 9.99. The Morgan fingerprint density at radius 1 is 0.939 bits per heavy atom. The minimum Gasteiger partial charge on any atom is -0.370 e. The van der Waals surface area contributed by atoms with Crippen molar-refractivity contribution < 1.29 is 13.2 Å². The number of hydrogen-bond acceptors (Lipinski definition) is 4. The third-order valence-corrected chi connectivity index (χ3v) is 6.38. The van der Waals surface area contributed by atoms with Crippen molar-refractivity contribution >= 4 is 27.6 Å². The molecular weight excluding hydrogens is 438 g/mol. The first-order chi connectivity index (χ1) is 15.1. The standard InChI is InChI=1S/C24H35N5O3S/c1-23(2,3)17-13-18(24(4,5)6)15-20(14-17)33(31,32)29-19-9-7-8-16(12-19)21(30)27-10-11-28-22(25)26/h7-9,12-15,29H,10-11H2,1-6H3,(H,27,30)(H4,25,26,28). The average molecular weight is 474 g/mol. The molecule has 0 saturated carbocycles. The van der Waals surface area contributed by atoms with E-state index in [1.54, 1.807) is 30.3 Å². The van der Waals surface area contributed by atoms with Crippen molar-refractivity contribution in [2.45, 2.75) is 57.3 Å². The Kier molecular flexibility index (Phi) is 7.79. The molecule has 0 radical (unpaired) electrons. The van der Waals surface area contributed by atoms with Crippen molar-refractivity contribution in [1.29, 1.82) is 0 Å². The summed E-state index contributed by atoms with van der Waals surface area (Å²) in [6, 6.07) is 11.8. The Labute approximate surface area is 196 Å². The van der Waals surface area contributed by atoms with Crippen LogP contribution in [0.15, 0.2) is 52.4 Å². The summed E-state index contributed by atoms with van der Waals surface area (Å²) in [6.45, 7) is 12.8. The van der Waals surface area contributed by atoms with Crippen LogP contribution in [-0.2, 0) is 20.9 Å². The quantitative estimate of drug-likeness (QED) is 0.278. The van der Waals surface area contributed by atoms with Gasteiger partial charge in [0.2, 0.25) is 0 Å². The van der Waals surface area contributed by atoms with Crippen molar-refractivity contribution in [3.05, 3.63) is 59.2 Å². The number of aliphatic imine (C=N–C) groups is 1. The third kappa shape index (κ3) is 7.49. The zero-order valence-electron chi connectivity index (χ0n) is 20.2. The second-order valence-corrected chi connectivity index (χ2v) is 11.7. The van der Waals surface area contributed by atoms with Crippen molar-refractivity contribution in [3.63, 3.8) is 0 Å². The zero-order valence-corrected chi connectivity index (χ0v) is 21.0. The summed E-state index contributed by atoms with van der Waals surface area (Å²) in [7, 11) is -3.88. The molecule has 0 unspecified atom stereocenters. The van der Waals surface area contributed by atoms with Crippen LogP contribution in [0.2, 0.25) is 0 Å². The largest absolute Gasteiger partial charge is 0.370 e. The summed E-state index contributed by atoms with van der Waals surface area (Å²) < 4.78 is 29.1. The van der Waals surface area contributed by atoms with Crippen LogP contribution in [0.25, 0.3) is 0 Å². The van der Waals surface area contributed by atoms with E-state index in [1.807, 2.05) is 41.5 Å². The van der Waals surface area contributed by atoms with Crippen LogP contribution in [0.3, 0.4) is 0 Å². The van der Waals surface area contributed by atoms with Crippen molar-refractivity contribution in [3.8, 4) is 0 Å². The SMILES string of the molecule is CC(C)(C)c1cc(C(C)(C)C)cc(S(=O)(=O)Nc2cccc(C(=O)NCCN=C(N)N)c2)c1. The van der Waals surface area contributed by atoms with Crippen LogP contribution in [0.1, 0.15) is 63.0 Å². The van der Waals surface area contributed by atoms with E-state index < -0.39 is 10.0 Å². The average Bonchev–Trinajstić information content (AvgIpc) is 2.69. The van der Waals surface area contributed by atoms with Gasteiger partial charge in [-0.05, 0) is 52.3 Å². The lowest BCUT2D eigenvalue weighted by Crippen LogP contribution is -2.28. The maximum absolute atomic E-state index is 13.3. The summed E-state index contributed by atoms with van der Waals surface area (Å²) in [4.78, 5) is 16.4. The van der Waals surface area contributed by atoms with E-state index in [0.29, 0.717) is 11.3 Å². The Balaban J connectivity index is 2.32. The number of guanidine groups is 1.